The molecule has 4 N–H and O–H groups in total. The first kappa shape index (κ1) is 21.7. The van der Waals surface area contributed by atoms with Crippen molar-refractivity contribution in [1.82, 2.24) is 10.6 Å². The minimum atomic E-state index is -0.707. The van der Waals surface area contributed by atoms with E-state index in [0.717, 1.165) is 24.0 Å². The van der Waals surface area contributed by atoms with E-state index in [9.17, 15) is 9.59 Å². The summed E-state index contributed by atoms with van der Waals surface area (Å²) < 4.78 is 5.49. The van der Waals surface area contributed by atoms with Crippen LogP contribution in [0.5, 0.6) is 5.75 Å². The second-order valence-corrected chi connectivity index (χ2v) is 6.82. The summed E-state index contributed by atoms with van der Waals surface area (Å²) in [7, 11) is 0. The van der Waals surface area contributed by atoms with Crippen LogP contribution < -0.4 is 21.1 Å². The molecule has 150 valence electrons. The predicted octanol–water partition coefficient (Wildman–Crippen LogP) is 2.64. The molecule has 0 heterocycles. The van der Waals surface area contributed by atoms with Crippen molar-refractivity contribution in [3.8, 4) is 5.75 Å². The van der Waals surface area contributed by atoms with Gasteiger partial charge in [-0.25, -0.2) is 0 Å². The lowest BCUT2D eigenvalue weighted by molar-refractivity contribution is -0.124. The first-order valence-electron chi connectivity index (χ1n) is 9.16. The van der Waals surface area contributed by atoms with Gasteiger partial charge in [0.15, 0.2) is 6.61 Å². The molecule has 0 aromatic heterocycles. The van der Waals surface area contributed by atoms with Crippen LogP contribution in [0, 0.1) is 0 Å². The van der Waals surface area contributed by atoms with E-state index >= 15 is 0 Å². The van der Waals surface area contributed by atoms with E-state index in [1.165, 1.54) is 0 Å². The van der Waals surface area contributed by atoms with Crippen LogP contribution in [0.3, 0.4) is 0 Å². The van der Waals surface area contributed by atoms with Gasteiger partial charge in [-0.15, -0.1) is 12.4 Å². The third-order valence-electron chi connectivity index (χ3n) is 4.49. The Morgan fingerprint density at radius 3 is 2.32 bits per heavy atom. The fourth-order valence-corrected chi connectivity index (χ4v) is 2.70. The molecular weight excluding hydrogens is 378 g/mol. The van der Waals surface area contributed by atoms with Crippen molar-refractivity contribution in [1.29, 1.82) is 0 Å². The van der Waals surface area contributed by atoms with E-state index in [-0.39, 0.29) is 36.9 Å². The molecule has 1 aliphatic carbocycles. The summed E-state index contributed by atoms with van der Waals surface area (Å²) in [6, 6.07) is 16.0. The van der Waals surface area contributed by atoms with Gasteiger partial charge in [0.25, 0.3) is 5.91 Å². The van der Waals surface area contributed by atoms with E-state index in [2.05, 4.69) is 10.6 Å². The standard InChI is InChI=1S/C21H25N3O3.ClH/c1-14(23-21(26)20(22)16-5-3-2-4-6-16)15-7-11-18(12-8-15)27-13-19(25)24-17-9-10-17;/h2-8,11-12,14,17,20H,9-10,13,22H2,1H3,(H,23,26)(H,24,25);1H. The van der Waals surface area contributed by atoms with Crippen LogP contribution >= 0.6 is 12.4 Å². The molecule has 2 amide bonds. The molecule has 2 aromatic rings. The van der Waals surface area contributed by atoms with Gasteiger partial charge >= 0.3 is 0 Å². The fraction of sp³-hybridized carbons (Fsp3) is 0.333. The normalized spacial score (nSPS) is 14.9. The van der Waals surface area contributed by atoms with Crippen molar-refractivity contribution >= 4 is 24.2 Å². The van der Waals surface area contributed by atoms with Crippen LogP contribution in [0.15, 0.2) is 54.6 Å². The smallest absolute Gasteiger partial charge is 0.258 e. The predicted molar refractivity (Wildman–Crippen MR) is 110 cm³/mol. The largest absolute Gasteiger partial charge is 0.484 e. The summed E-state index contributed by atoms with van der Waals surface area (Å²) in [5.74, 6) is 0.284. The molecule has 28 heavy (non-hydrogen) atoms. The van der Waals surface area contributed by atoms with Gasteiger partial charge in [0.05, 0.1) is 6.04 Å². The topological polar surface area (TPSA) is 93.5 Å². The summed E-state index contributed by atoms with van der Waals surface area (Å²) in [5, 5.41) is 5.80. The number of halogens is 1. The Labute approximate surface area is 171 Å². The van der Waals surface area contributed by atoms with Crippen LogP contribution in [0.25, 0.3) is 0 Å². The van der Waals surface area contributed by atoms with Crippen LogP contribution in [-0.2, 0) is 9.59 Å². The van der Waals surface area contributed by atoms with E-state index in [4.69, 9.17) is 10.5 Å². The van der Waals surface area contributed by atoms with Crippen molar-refractivity contribution in [3.05, 3.63) is 65.7 Å². The Balaban J connectivity index is 0.00000280. The van der Waals surface area contributed by atoms with Crippen molar-refractivity contribution in [2.24, 2.45) is 5.73 Å². The number of benzene rings is 2. The molecule has 0 bridgehead atoms. The van der Waals surface area contributed by atoms with E-state index < -0.39 is 6.04 Å². The highest BCUT2D eigenvalue weighted by atomic mass is 35.5. The summed E-state index contributed by atoms with van der Waals surface area (Å²) >= 11 is 0. The maximum absolute atomic E-state index is 12.4. The first-order chi connectivity index (χ1) is 13.0. The molecule has 0 saturated heterocycles. The summed E-state index contributed by atoms with van der Waals surface area (Å²) in [5.41, 5.74) is 7.73. The number of ether oxygens (including phenoxy) is 1. The van der Waals surface area contributed by atoms with Gasteiger partial charge in [0.1, 0.15) is 11.8 Å². The lowest BCUT2D eigenvalue weighted by Crippen LogP contribution is -2.35. The van der Waals surface area contributed by atoms with Gasteiger partial charge < -0.3 is 21.1 Å². The number of hydrogen-bond donors (Lipinski definition) is 3. The molecular formula is C21H26ClN3O3. The molecule has 0 aliphatic heterocycles. The number of rotatable bonds is 8. The highest BCUT2D eigenvalue weighted by Crippen LogP contribution is 2.20. The molecule has 3 rings (SSSR count). The number of carbonyl (C=O) groups excluding carboxylic acids is 2. The Hall–Kier alpha value is -2.57. The molecule has 0 spiro atoms. The molecule has 1 aliphatic rings. The van der Waals surface area contributed by atoms with Gasteiger partial charge in [-0.05, 0) is 43.0 Å². The van der Waals surface area contributed by atoms with Gasteiger partial charge in [-0.1, -0.05) is 42.5 Å². The van der Waals surface area contributed by atoms with Gasteiger partial charge in [0.2, 0.25) is 5.91 Å². The summed E-state index contributed by atoms with van der Waals surface area (Å²) in [4.78, 5) is 24.0. The number of nitrogens with two attached hydrogens (primary N) is 1. The van der Waals surface area contributed by atoms with E-state index in [0.29, 0.717) is 11.8 Å². The lowest BCUT2D eigenvalue weighted by atomic mass is 10.0. The molecule has 6 nitrogen and oxygen atoms in total. The maximum Gasteiger partial charge on any atom is 0.258 e. The summed E-state index contributed by atoms with van der Waals surface area (Å²) in [6.45, 7) is 1.91. The van der Waals surface area contributed by atoms with Crippen molar-refractivity contribution in [3.63, 3.8) is 0 Å². The highest BCUT2D eigenvalue weighted by molar-refractivity contribution is 5.85. The minimum Gasteiger partial charge on any atom is -0.484 e. The quantitative estimate of drug-likeness (QED) is 0.631. The van der Waals surface area contributed by atoms with Crippen LogP contribution in [0.4, 0.5) is 0 Å². The number of amides is 2. The minimum absolute atomic E-state index is 0. The molecule has 1 fully saturated rings. The Bertz CT molecular complexity index is 779. The molecule has 7 heteroatoms. The van der Waals surface area contributed by atoms with Crippen LogP contribution in [-0.4, -0.2) is 24.5 Å². The van der Waals surface area contributed by atoms with Crippen LogP contribution in [0.2, 0.25) is 0 Å². The zero-order valence-electron chi connectivity index (χ0n) is 15.8. The Morgan fingerprint density at radius 1 is 1.07 bits per heavy atom. The third-order valence-corrected chi connectivity index (χ3v) is 4.49. The number of carbonyl (C=O) groups is 2. The molecule has 2 atom stereocenters. The molecule has 2 unspecified atom stereocenters. The second kappa shape index (κ2) is 10.1. The SMILES string of the molecule is CC(NC(=O)C(N)c1ccccc1)c1ccc(OCC(=O)NC2CC2)cc1.Cl. The van der Waals surface area contributed by atoms with Gasteiger partial charge in [0, 0.05) is 6.04 Å². The lowest BCUT2D eigenvalue weighted by Gasteiger charge is -2.18. The van der Waals surface area contributed by atoms with Crippen LogP contribution in [0.1, 0.15) is 43.0 Å². The second-order valence-electron chi connectivity index (χ2n) is 6.82. The zero-order chi connectivity index (χ0) is 19.2. The monoisotopic (exact) mass is 403 g/mol. The maximum atomic E-state index is 12.4. The highest BCUT2D eigenvalue weighted by Gasteiger charge is 2.23. The fourth-order valence-electron chi connectivity index (χ4n) is 2.70. The average molecular weight is 404 g/mol. The zero-order valence-corrected chi connectivity index (χ0v) is 16.6. The summed E-state index contributed by atoms with van der Waals surface area (Å²) in [6.07, 6.45) is 2.11. The molecule has 2 aromatic carbocycles. The Kier molecular flexibility index (Phi) is 7.84. The van der Waals surface area contributed by atoms with Gasteiger partial charge in [-0.2, -0.15) is 0 Å². The van der Waals surface area contributed by atoms with Gasteiger partial charge in [-0.3, -0.25) is 9.59 Å². The number of hydrogen-bond acceptors (Lipinski definition) is 4. The first-order valence-corrected chi connectivity index (χ1v) is 9.16. The van der Waals surface area contributed by atoms with Crippen molar-refractivity contribution in [2.45, 2.75) is 37.9 Å². The number of nitrogens with one attached hydrogen (secondary N) is 2. The molecule has 1 saturated carbocycles. The average Bonchev–Trinajstić information content (AvgIpc) is 3.50. The van der Waals surface area contributed by atoms with Crippen molar-refractivity contribution < 1.29 is 14.3 Å². The molecule has 0 radical (unpaired) electrons. The van der Waals surface area contributed by atoms with Crippen molar-refractivity contribution in [2.75, 3.05) is 6.61 Å². The van der Waals surface area contributed by atoms with E-state index in [1.807, 2.05) is 49.4 Å². The van der Waals surface area contributed by atoms with E-state index in [1.54, 1.807) is 12.1 Å². The Morgan fingerprint density at radius 2 is 1.71 bits per heavy atom. The third kappa shape index (κ3) is 6.25.